The second-order valence-corrected chi connectivity index (χ2v) is 6.33. The van der Waals surface area contributed by atoms with Crippen molar-refractivity contribution in [1.29, 1.82) is 0 Å². The Bertz CT molecular complexity index is 629. The SMILES string of the molecule is COc1ccc(Cc2cc(Br)c(C)c3c2CCC3)cc1. The van der Waals surface area contributed by atoms with Crippen LogP contribution in [0.5, 0.6) is 5.75 Å². The molecule has 0 saturated heterocycles. The number of methoxy groups -OCH3 is 1. The van der Waals surface area contributed by atoms with E-state index in [1.807, 2.05) is 12.1 Å². The number of rotatable bonds is 3. The number of fused-ring (bicyclic) bond motifs is 1. The first-order chi connectivity index (χ1) is 9.69. The van der Waals surface area contributed by atoms with Gasteiger partial charge in [-0.3, -0.25) is 0 Å². The van der Waals surface area contributed by atoms with Crippen LogP contribution in [0.1, 0.15) is 34.2 Å². The summed E-state index contributed by atoms with van der Waals surface area (Å²) in [5, 5.41) is 0. The van der Waals surface area contributed by atoms with Crippen molar-refractivity contribution in [3.8, 4) is 5.75 Å². The van der Waals surface area contributed by atoms with Crippen LogP contribution < -0.4 is 4.74 Å². The van der Waals surface area contributed by atoms with E-state index in [4.69, 9.17) is 4.74 Å². The Morgan fingerprint density at radius 2 is 1.80 bits per heavy atom. The summed E-state index contributed by atoms with van der Waals surface area (Å²) < 4.78 is 6.47. The van der Waals surface area contributed by atoms with Gasteiger partial charge in [0.05, 0.1) is 7.11 Å². The van der Waals surface area contributed by atoms with Crippen molar-refractivity contribution < 1.29 is 4.74 Å². The van der Waals surface area contributed by atoms with Crippen LogP contribution in [-0.2, 0) is 19.3 Å². The van der Waals surface area contributed by atoms with E-state index < -0.39 is 0 Å². The van der Waals surface area contributed by atoms with E-state index in [-0.39, 0.29) is 0 Å². The average Bonchev–Trinajstić information content (AvgIpc) is 2.95. The highest BCUT2D eigenvalue weighted by Gasteiger charge is 2.19. The van der Waals surface area contributed by atoms with E-state index >= 15 is 0 Å². The van der Waals surface area contributed by atoms with Crippen LogP contribution in [0.15, 0.2) is 34.8 Å². The van der Waals surface area contributed by atoms with E-state index in [9.17, 15) is 0 Å². The molecule has 0 amide bonds. The topological polar surface area (TPSA) is 9.23 Å². The Morgan fingerprint density at radius 3 is 2.50 bits per heavy atom. The lowest BCUT2D eigenvalue weighted by molar-refractivity contribution is 0.414. The molecule has 104 valence electrons. The predicted octanol–water partition coefficient (Wildman–Crippen LogP) is 4.85. The molecule has 1 nitrogen and oxygen atoms in total. The van der Waals surface area contributed by atoms with E-state index in [0.29, 0.717) is 0 Å². The molecule has 0 saturated carbocycles. The number of halogens is 1. The molecule has 0 unspecified atom stereocenters. The third-order valence-electron chi connectivity index (χ3n) is 4.27. The van der Waals surface area contributed by atoms with Gasteiger partial charge in [-0.1, -0.05) is 28.1 Å². The zero-order chi connectivity index (χ0) is 14.1. The normalized spacial score (nSPS) is 13.3. The predicted molar refractivity (Wildman–Crippen MR) is 86.7 cm³/mol. The van der Waals surface area contributed by atoms with E-state index in [1.165, 1.54) is 40.4 Å². The molecule has 0 fully saturated rings. The summed E-state index contributed by atoms with van der Waals surface area (Å²) >= 11 is 3.72. The molecule has 3 rings (SSSR count). The van der Waals surface area contributed by atoms with Gasteiger partial charge >= 0.3 is 0 Å². The summed E-state index contributed by atoms with van der Waals surface area (Å²) in [5.74, 6) is 0.920. The summed E-state index contributed by atoms with van der Waals surface area (Å²) in [5.41, 5.74) is 7.40. The number of hydrogen-bond donors (Lipinski definition) is 0. The van der Waals surface area contributed by atoms with Crippen LogP contribution in [0.25, 0.3) is 0 Å². The quantitative estimate of drug-likeness (QED) is 0.781. The van der Waals surface area contributed by atoms with Gasteiger partial charge in [-0.25, -0.2) is 0 Å². The van der Waals surface area contributed by atoms with Crippen molar-refractivity contribution >= 4 is 15.9 Å². The highest BCUT2D eigenvalue weighted by atomic mass is 79.9. The lowest BCUT2D eigenvalue weighted by Crippen LogP contribution is -1.98. The monoisotopic (exact) mass is 330 g/mol. The highest BCUT2D eigenvalue weighted by molar-refractivity contribution is 9.10. The van der Waals surface area contributed by atoms with Gasteiger partial charge in [-0.15, -0.1) is 0 Å². The van der Waals surface area contributed by atoms with Crippen LogP contribution in [0.4, 0.5) is 0 Å². The Morgan fingerprint density at radius 1 is 1.10 bits per heavy atom. The van der Waals surface area contributed by atoms with Crippen LogP contribution in [0.2, 0.25) is 0 Å². The minimum absolute atomic E-state index is 0.920. The first-order valence-corrected chi connectivity index (χ1v) is 7.91. The van der Waals surface area contributed by atoms with Gasteiger partial charge in [0.25, 0.3) is 0 Å². The Hall–Kier alpha value is -1.28. The lowest BCUT2D eigenvalue weighted by atomic mass is 9.94. The van der Waals surface area contributed by atoms with Crippen molar-refractivity contribution in [2.75, 3.05) is 7.11 Å². The van der Waals surface area contributed by atoms with Crippen molar-refractivity contribution in [2.45, 2.75) is 32.6 Å². The molecule has 1 aliphatic carbocycles. The molecule has 1 aliphatic rings. The molecule has 0 aromatic heterocycles. The van der Waals surface area contributed by atoms with Crippen LogP contribution in [0, 0.1) is 6.92 Å². The largest absolute Gasteiger partial charge is 0.497 e. The maximum Gasteiger partial charge on any atom is 0.118 e. The second-order valence-electron chi connectivity index (χ2n) is 5.48. The first kappa shape index (κ1) is 13.7. The lowest BCUT2D eigenvalue weighted by Gasteiger charge is -2.13. The maximum atomic E-state index is 5.22. The van der Waals surface area contributed by atoms with E-state index in [1.54, 1.807) is 18.2 Å². The molecule has 2 aromatic carbocycles. The molecule has 2 aromatic rings. The second kappa shape index (κ2) is 5.61. The van der Waals surface area contributed by atoms with Crippen molar-refractivity contribution in [1.82, 2.24) is 0 Å². The fraction of sp³-hybridized carbons (Fsp3) is 0.333. The fourth-order valence-corrected chi connectivity index (χ4v) is 3.64. The molecule has 0 N–H and O–H groups in total. The number of ether oxygens (including phenoxy) is 1. The van der Waals surface area contributed by atoms with Crippen LogP contribution in [0.3, 0.4) is 0 Å². The maximum absolute atomic E-state index is 5.22. The fourth-order valence-electron chi connectivity index (χ4n) is 3.13. The zero-order valence-corrected chi connectivity index (χ0v) is 13.6. The molecule has 0 atom stereocenters. The molecule has 0 radical (unpaired) electrons. The summed E-state index contributed by atoms with van der Waals surface area (Å²) in [6, 6.07) is 10.7. The third kappa shape index (κ3) is 2.49. The van der Waals surface area contributed by atoms with Gasteiger partial charge in [0.1, 0.15) is 5.75 Å². The number of benzene rings is 2. The molecular weight excluding hydrogens is 312 g/mol. The van der Waals surface area contributed by atoms with Gasteiger partial charge in [0, 0.05) is 4.47 Å². The molecule has 0 heterocycles. The van der Waals surface area contributed by atoms with Gasteiger partial charge < -0.3 is 4.74 Å². The van der Waals surface area contributed by atoms with Crippen molar-refractivity contribution in [3.63, 3.8) is 0 Å². The summed E-state index contributed by atoms with van der Waals surface area (Å²) in [6.07, 6.45) is 4.76. The highest BCUT2D eigenvalue weighted by Crippen LogP contribution is 2.34. The molecule has 0 bridgehead atoms. The Kier molecular flexibility index (Phi) is 3.84. The molecular formula is C18H19BrO. The molecule has 2 heteroatoms. The minimum atomic E-state index is 0.920. The summed E-state index contributed by atoms with van der Waals surface area (Å²) in [6.45, 7) is 2.23. The van der Waals surface area contributed by atoms with Gasteiger partial charge in [0.15, 0.2) is 0 Å². The summed E-state index contributed by atoms with van der Waals surface area (Å²) in [4.78, 5) is 0. The van der Waals surface area contributed by atoms with Gasteiger partial charge in [-0.2, -0.15) is 0 Å². The average molecular weight is 331 g/mol. The van der Waals surface area contributed by atoms with E-state index in [0.717, 1.165) is 12.2 Å². The van der Waals surface area contributed by atoms with Crippen LogP contribution >= 0.6 is 15.9 Å². The Labute approximate surface area is 129 Å². The van der Waals surface area contributed by atoms with Crippen molar-refractivity contribution in [3.05, 3.63) is 62.6 Å². The van der Waals surface area contributed by atoms with Crippen LogP contribution in [-0.4, -0.2) is 7.11 Å². The van der Waals surface area contributed by atoms with Gasteiger partial charge in [-0.05, 0) is 78.6 Å². The smallest absolute Gasteiger partial charge is 0.118 e. The standard InChI is InChI=1S/C18H19BrO/c1-12-16-4-3-5-17(16)14(11-18(12)19)10-13-6-8-15(20-2)9-7-13/h6-9,11H,3-5,10H2,1-2H3. The molecule has 0 aliphatic heterocycles. The Balaban J connectivity index is 1.94. The van der Waals surface area contributed by atoms with Gasteiger partial charge in [0.2, 0.25) is 0 Å². The summed E-state index contributed by atoms with van der Waals surface area (Å²) in [7, 11) is 1.71. The van der Waals surface area contributed by atoms with Crippen molar-refractivity contribution in [2.24, 2.45) is 0 Å². The minimum Gasteiger partial charge on any atom is -0.497 e. The molecule has 0 spiro atoms. The van der Waals surface area contributed by atoms with E-state index in [2.05, 4.69) is 41.1 Å². The third-order valence-corrected chi connectivity index (χ3v) is 5.09. The zero-order valence-electron chi connectivity index (χ0n) is 12.0. The first-order valence-electron chi connectivity index (χ1n) is 7.11. The molecule has 20 heavy (non-hydrogen) atoms. The number of hydrogen-bond acceptors (Lipinski definition) is 1.